The van der Waals surface area contributed by atoms with Crippen LogP contribution in [-0.4, -0.2) is 62.1 Å². The average Bonchev–Trinajstić information content (AvgIpc) is 3.33. The molecule has 5 rings (SSSR count). The molecule has 2 aromatic carbocycles. The Morgan fingerprint density at radius 3 is 2.49 bits per heavy atom. The van der Waals surface area contributed by atoms with E-state index in [0.717, 1.165) is 16.7 Å². The van der Waals surface area contributed by atoms with E-state index in [1.165, 1.54) is 24.8 Å². The maximum absolute atomic E-state index is 13.5. The normalized spacial score (nSPS) is 18.4. The van der Waals surface area contributed by atoms with Crippen LogP contribution in [0, 0.1) is 11.3 Å². The van der Waals surface area contributed by atoms with Gasteiger partial charge in [0.15, 0.2) is 0 Å². The summed E-state index contributed by atoms with van der Waals surface area (Å²) in [5, 5.41) is 36.8. The Morgan fingerprint density at radius 1 is 1.09 bits per heavy atom. The Hall–Kier alpha value is -5.26. The van der Waals surface area contributed by atoms with Crippen molar-refractivity contribution in [1.82, 2.24) is 14.8 Å². The lowest BCUT2D eigenvalue weighted by Gasteiger charge is -2.27. The molecule has 4 N–H and O–H groups in total. The molecule has 3 heterocycles. The predicted octanol–water partition coefficient (Wildman–Crippen LogP) is 4.36. The smallest absolute Gasteiger partial charge is 0.417 e. The molecule has 3 aromatic rings. The van der Waals surface area contributed by atoms with E-state index < -0.39 is 52.6 Å². The molecule has 45 heavy (non-hydrogen) atoms. The third-order valence-corrected chi connectivity index (χ3v) is 8.14. The van der Waals surface area contributed by atoms with Crippen molar-refractivity contribution < 1.29 is 42.6 Å². The summed E-state index contributed by atoms with van der Waals surface area (Å²) in [6.07, 6.45) is -3.83. The molecular formula is C30H29F3N6O6. The number of amides is 5. The zero-order valence-electron chi connectivity index (χ0n) is 24.2. The summed E-state index contributed by atoms with van der Waals surface area (Å²) < 4.78 is 41.6. The number of piperidine rings is 1. The summed E-state index contributed by atoms with van der Waals surface area (Å²) in [5.41, 5.74) is -3.03. The van der Waals surface area contributed by atoms with Gasteiger partial charge in [0.25, 0.3) is 5.91 Å². The monoisotopic (exact) mass is 626 g/mol. The van der Waals surface area contributed by atoms with Crippen LogP contribution in [0.2, 0.25) is 0 Å². The van der Waals surface area contributed by atoms with Crippen molar-refractivity contribution >= 4 is 45.9 Å². The second kappa shape index (κ2) is 11.3. The molecule has 2 aliphatic heterocycles. The summed E-state index contributed by atoms with van der Waals surface area (Å²) in [5.74, 6) is -2.45. The minimum atomic E-state index is -4.86. The Bertz CT molecular complexity index is 1780. The van der Waals surface area contributed by atoms with E-state index in [4.69, 9.17) is 5.26 Å². The van der Waals surface area contributed by atoms with Crippen molar-refractivity contribution in [3.8, 4) is 17.8 Å². The van der Waals surface area contributed by atoms with Gasteiger partial charge in [-0.05, 0) is 63.4 Å². The van der Waals surface area contributed by atoms with Crippen LogP contribution in [0.15, 0.2) is 36.4 Å². The second-order valence-corrected chi connectivity index (χ2v) is 11.3. The number of nitrogens with one attached hydrogen (secondary N) is 2. The lowest BCUT2D eigenvalue weighted by Crippen LogP contribution is -2.44. The SMILES string of the molecule is CC1(C)C(=O)N(c2ccc(C#N)c(C(F)(F)F)c2)C(=O)N1CCCCNc1cccc2c(O)n(C3CCC(=O)NC3=O)c(O)c12. The Morgan fingerprint density at radius 2 is 1.82 bits per heavy atom. The van der Waals surface area contributed by atoms with Crippen molar-refractivity contribution in [2.24, 2.45) is 0 Å². The molecule has 2 saturated heterocycles. The summed E-state index contributed by atoms with van der Waals surface area (Å²) in [4.78, 5) is 52.4. The van der Waals surface area contributed by atoms with E-state index in [1.807, 2.05) is 0 Å². The highest BCUT2D eigenvalue weighted by Crippen LogP contribution is 2.44. The molecule has 236 valence electrons. The van der Waals surface area contributed by atoms with E-state index >= 15 is 0 Å². The minimum absolute atomic E-state index is 0.0523. The molecule has 0 saturated carbocycles. The molecule has 0 bridgehead atoms. The first-order valence-corrected chi connectivity index (χ1v) is 14.1. The lowest BCUT2D eigenvalue weighted by atomic mass is 10.0. The highest BCUT2D eigenvalue weighted by molar-refractivity contribution is 6.23. The molecule has 15 heteroatoms. The van der Waals surface area contributed by atoms with E-state index in [9.17, 15) is 42.6 Å². The van der Waals surface area contributed by atoms with Crippen LogP contribution in [0.4, 0.5) is 29.3 Å². The third-order valence-electron chi connectivity index (χ3n) is 8.14. The van der Waals surface area contributed by atoms with E-state index in [1.54, 1.807) is 18.2 Å². The van der Waals surface area contributed by atoms with Gasteiger partial charge in [0.2, 0.25) is 23.6 Å². The van der Waals surface area contributed by atoms with Crippen molar-refractivity contribution in [3.05, 3.63) is 47.5 Å². The first kappa shape index (κ1) is 31.2. The van der Waals surface area contributed by atoms with Crippen LogP contribution >= 0.6 is 0 Å². The van der Waals surface area contributed by atoms with Crippen molar-refractivity contribution in [3.63, 3.8) is 0 Å². The number of aromatic hydroxyl groups is 2. The number of anilines is 2. The summed E-state index contributed by atoms with van der Waals surface area (Å²) in [6, 6.07) is 7.30. The topological polar surface area (TPSA) is 168 Å². The van der Waals surface area contributed by atoms with Crippen LogP contribution in [0.1, 0.15) is 56.7 Å². The number of fused-ring (bicyclic) bond motifs is 1. The molecule has 0 spiro atoms. The first-order chi connectivity index (χ1) is 21.2. The fourth-order valence-electron chi connectivity index (χ4n) is 5.76. The second-order valence-electron chi connectivity index (χ2n) is 11.3. The van der Waals surface area contributed by atoms with Crippen LogP contribution in [0.5, 0.6) is 11.8 Å². The molecular weight excluding hydrogens is 597 g/mol. The van der Waals surface area contributed by atoms with E-state index in [0.29, 0.717) is 41.4 Å². The van der Waals surface area contributed by atoms with Crippen molar-refractivity contribution in [1.29, 1.82) is 5.26 Å². The summed E-state index contributed by atoms with van der Waals surface area (Å²) in [6.45, 7) is 3.46. The van der Waals surface area contributed by atoms with Crippen LogP contribution in [0.25, 0.3) is 10.8 Å². The van der Waals surface area contributed by atoms with Crippen molar-refractivity contribution in [2.45, 2.75) is 57.3 Å². The zero-order valence-corrected chi connectivity index (χ0v) is 24.2. The maximum atomic E-state index is 13.5. The van der Waals surface area contributed by atoms with Gasteiger partial charge in [-0.1, -0.05) is 6.07 Å². The number of halogens is 3. The Labute approximate surface area is 254 Å². The zero-order chi connectivity index (χ0) is 32.8. The Balaban J connectivity index is 1.26. The molecule has 1 atom stereocenters. The molecule has 2 aliphatic rings. The molecule has 2 fully saturated rings. The molecule has 1 aromatic heterocycles. The number of hydrogen-bond donors (Lipinski definition) is 4. The van der Waals surface area contributed by atoms with Crippen LogP contribution in [0.3, 0.4) is 0 Å². The van der Waals surface area contributed by atoms with Crippen LogP contribution < -0.4 is 15.5 Å². The van der Waals surface area contributed by atoms with Gasteiger partial charge in [-0.15, -0.1) is 0 Å². The van der Waals surface area contributed by atoms with Gasteiger partial charge in [0.05, 0.1) is 28.3 Å². The lowest BCUT2D eigenvalue weighted by molar-refractivity contribution is -0.138. The van der Waals surface area contributed by atoms with Gasteiger partial charge in [0, 0.05) is 30.6 Å². The number of unbranched alkanes of at least 4 members (excludes halogenated alkanes) is 1. The summed E-state index contributed by atoms with van der Waals surface area (Å²) in [7, 11) is 0. The number of alkyl halides is 3. The number of nitriles is 1. The fourth-order valence-corrected chi connectivity index (χ4v) is 5.76. The van der Waals surface area contributed by atoms with E-state index in [2.05, 4.69) is 10.6 Å². The minimum Gasteiger partial charge on any atom is -0.494 e. The maximum Gasteiger partial charge on any atom is 0.417 e. The van der Waals surface area contributed by atoms with Crippen molar-refractivity contribution in [2.75, 3.05) is 23.3 Å². The van der Waals surface area contributed by atoms with Gasteiger partial charge in [0.1, 0.15) is 11.6 Å². The number of hydrogen-bond acceptors (Lipinski definition) is 8. The number of rotatable bonds is 8. The number of imide groups is 2. The number of carbonyl (C=O) groups excluding carboxylic acids is 4. The van der Waals surface area contributed by atoms with Gasteiger partial charge < -0.3 is 20.4 Å². The molecule has 12 nitrogen and oxygen atoms in total. The van der Waals surface area contributed by atoms with Crippen LogP contribution in [-0.2, 0) is 20.6 Å². The molecule has 0 radical (unpaired) electrons. The van der Waals surface area contributed by atoms with Gasteiger partial charge in [-0.3, -0.25) is 24.3 Å². The van der Waals surface area contributed by atoms with E-state index in [-0.39, 0.29) is 42.2 Å². The van der Waals surface area contributed by atoms with Gasteiger partial charge >= 0.3 is 12.2 Å². The highest BCUT2D eigenvalue weighted by Gasteiger charge is 2.52. The molecule has 1 unspecified atom stereocenters. The number of benzene rings is 2. The number of nitrogens with zero attached hydrogens (tertiary/aromatic N) is 4. The molecule has 5 amide bonds. The average molecular weight is 627 g/mol. The van der Waals surface area contributed by atoms with Gasteiger partial charge in [-0.25, -0.2) is 9.69 Å². The summed E-state index contributed by atoms with van der Waals surface area (Å²) >= 11 is 0. The number of aromatic nitrogens is 1. The fraction of sp³-hybridized carbons (Fsp3) is 0.367. The number of carbonyl (C=O) groups is 4. The third kappa shape index (κ3) is 5.36. The first-order valence-electron chi connectivity index (χ1n) is 14.1. The molecule has 0 aliphatic carbocycles. The largest absolute Gasteiger partial charge is 0.494 e. The quantitative estimate of drug-likeness (QED) is 0.163. The Kier molecular flexibility index (Phi) is 7.86. The predicted molar refractivity (Wildman–Crippen MR) is 154 cm³/mol. The number of urea groups is 1. The standard InChI is InChI=1S/C30H29F3N6O6/c1-29(2)27(44)38(17-9-8-16(15-34)19(14-17)30(31,32)33)28(45)37(29)13-4-3-12-35-20-7-5-6-18-23(20)26(43)39(25(18)42)21-10-11-22(40)36-24(21)41/h5-9,14,21,35,42-43H,3-4,10-13H2,1-2H3,(H,36,40,41). The van der Waals surface area contributed by atoms with Gasteiger partial charge in [-0.2, -0.15) is 18.4 Å². The highest BCUT2D eigenvalue weighted by atomic mass is 19.4.